The van der Waals surface area contributed by atoms with Crippen molar-refractivity contribution in [2.24, 2.45) is 11.8 Å². The summed E-state index contributed by atoms with van der Waals surface area (Å²) >= 11 is 0. The first kappa shape index (κ1) is 16.2. The van der Waals surface area contributed by atoms with Crippen LogP contribution in [0.4, 0.5) is 0 Å². The van der Waals surface area contributed by atoms with Gasteiger partial charge in [-0.1, -0.05) is 45.0 Å². The third-order valence-electron chi connectivity index (χ3n) is 3.14. The van der Waals surface area contributed by atoms with Gasteiger partial charge in [0.25, 0.3) is 0 Å². The fourth-order valence-corrected chi connectivity index (χ4v) is 2.01. The maximum Gasteiger partial charge on any atom is 0.0717 e. The number of hydrogen-bond acceptors (Lipinski definition) is 2. The van der Waals surface area contributed by atoms with Gasteiger partial charge in [0, 0.05) is 20.3 Å². The van der Waals surface area contributed by atoms with Crippen LogP contribution in [0.2, 0.25) is 0 Å². The number of rotatable bonds is 9. The van der Waals surface area contributed by atoms with Crippen LogP contribution in [0.15, 0.2) is 24.3 Å². The van der Waals surface area contributed by atoms with E-state index in [0.717, 1.165) is 32.7 Å². The first-order valence-electron chi connectivity index (χ1n) is 7.26. The second-order valence-corrected chi connectivity index (χ2v) is 5.82. The fraction of sp³-hybridized carbons (Fsp3) is 0.647. The van der Waals surface area contributed by atoms with Crippen molar-refractivity contribution in [1.29, 1.82) is 0 Å². The Bertz CT molecular complexity index is 330. The Morgan fingerprint density at radius 1 is 1.00 bits per heavy atom. The summed E-state index contributed by atoms with van der Waals surface area (Å²) in [5.74, 6) is 1.27. The van der Waals surface area contributed by atoms with E-state index in [4.69, 9.17) is 9.47 Å². The lowest BCUT2D eigenvalue weighted by Crippen LogP contribution is -2.04. The molecule has 1 atom stereocenters. The highest BCUT2D eigenvalue weighted by Gasteiger charge is 2.04. The summed E-state index contributed by atoms with van der Waals surface area (Å²) in [5, 5.41) is 0. The van der Waals surface area contributed by atoms with E-state index in [1.165, 1.54) is 11.1 Å². The van der Waals surface area contributed by atoms with Gasteiger partial charge in [-0.2, -0.15) is 0 Å². The van der Waals surface area contributed by atoms with Gasteiger partial charge in [-0.05, 0) is 35.8 Å². The van der Waals surface area contributed by atoms with Gasteiger partial charge in [-0.3, -0.25) is 0 Å². The predicted molar refractivity (Wildman–Crippen MR) is 80.3 cm³/mol. The van der Waals surface area contributed by atoms with Crippen LogP contribution in [-0.4, -0.2) is 20.3 Å². The Kier molecular flexibility index (Phi) is 7.76. The third kappa shape index (κ3) is 7.34. The summed E-state index contributed by atoms with van der Waals surface area (Å²) in [6.07, 6.45) is 2.24. The van der Waals surface area contributed by atoms with E-state index in [0.29, 0.717) is 11.8 Å². The van der Waals surface area contributed by atoms with Gasteiger partial charge in [0.05, 0.1) is 6.61 Å². The quantitative estimate of drug-likeness (QED) is 0.669. The molecule has 0 bridgehead atoms. The van der Waals surface area contributed by atoms with E-state index in [9.17, 15) is 0 Å². The average Bonchev–Trinajstić information content (AvgIpc) is 2.38. The normalized spacial score (nSPS) is 12.9. The van der Waals surface area contributed by atoms with Crippen molar-refractivity contribution in [1.82, 2.24) is 0 Å². The first-order chi connectivity index (χ1) is 9.11. The molecule has 0 heterocycles. The van der Waals surface area contributed by atoms with Crippen molar-refractivity contribution in [2.75, 3.05) is 20.3 Å². The Hall–Kier alpha value is -0.860. The molecular weight excluding hydrogens is 236 g/mol. The molecule has 0 fully saturated rings. The van der Waals surface area contributed by atoms with Crippen LogP contribution in [-0.2, 0) is 22.5 Å². The molecule has 2 heteroatoms. The van der Waals surface area contributed by atoms with E-state index in [1.807, 2.05) is 0 Å². The molecule has 2 nitrogen and oxygen atoms in total. The van der Waals surface area contributed by atoms with Crippen LogP contribution in [0, 0.1) is 11.8 Å². The van der Waals surface area contributed by atoms with Gasteiger partial charge in [-0.25, -0.2) is 0 Å². The fourth-order valence-electron chi connectivity index (χ4n) is 2.01. The Balaban J connectivity index is 2.34. The average molecular weight is 264 g/mol. The molecular formula is C17H28O2. The van der Waals surface area contributed by atoms with E-state index in [-0.39, 0.29) is 0 Å². The van der Waals surface area contributed by atoms with E-state index >= 15 is 0 Å². The summed E-state index contributed by atoms with van der Waals surface area (Å²) < 4.78 is 10.8. The van der Waals surface area contributed by atoms with Crippen molar-refractivity contribution < 1.29 is 9.47 Å². The maximum absolute atomic E-state index is 5.64. The molecule has 0 spiro atoms. The van der Waals surface area contributed by atoms with Crippen LogP contribution in [0.5, 0.6) is 0 Å². The summed E-state index contributed by atoms with van der Waals surface area (Å²) in [5.41, 5.74) is 2.66. The van der Waals surface area contributed by atoms with Gasteiger partial charge in [0.2, 0.25) is 0 Å². The Morgan fingerprint density at radius 3 is 2.21 bits per heavy atom. The second kappa shape index (κ2) is 9.11. The Labute approximate surface area is 118 Å². The lowest BCUT2D eigenvalue weighted by molar-refractivity contribution is 0.0971. The third-order valence-corrected chi connectivity index (χ3v) is 3.14. The minimum absolute atomic E-state index is 0.598. The van der Waals surface area contributed by atoms with E-state index < -0.39 is 0 Å². The SMILES string of the molecule is COCCC(C)Cc1ccc(COCC(C)C)cc1. The highest BCUT2D eigenvalue weighted by molar-refractivity contribution is 5.22. The molecule has 0 aliphatic heterocycles. The minimum Gasteiger partial charge on any atom is -0.385 e. The zero-order valence-electron chi connectivity index (χ0n) is 12.8. The summed E-state index contributed by atoms with van der Waals surface area (Å²) in [6, 6.07) is 8.80. The molecule has 0 aliphatic carbocycles. The number of benzene rings is 1. The van der Waals surface area contributed by atoms with Crippen LogP contribution >= 0.6 is 0 Å². The van der Waals surface area contributed by atoms with Crippen molar-refractivity contribution in [2.45, 2.75) is 40.2 Å². The molecule has 0 amide bonds. The van der Waals surface area contributed by atoms with Crippen molar-refractivity contribution in [3.63, 3.8) is 0 Å². The van der Waals surface area contributed by atoms with Crippen molar-refractivity contribution >= 4 is 0 Å². The molecule has 1 aromatic rings. The molecule has 19 heavy (non-hydrogen) atoms. The van der Waals surface area contributed by atoms with Crippen LogP contribution < -0.4 is 0 Å². The molecule has 1 aromatic carbocycles. The van der Waals surface area contributed by atoms with Gasteiger partial charge < -0.3 is 9.47 Å². The summed E-state index contributed by atoms with van der Waals surface area (Å²) in [4.78, 5) is 0. The predicted octanol–water partition coefficient (Wildman–Crippen LogP) is 4.07. The van der Waals surface area contributed by atoms with Crippen LogP contribution in [0.1, 0.15) is 38.3 Å². The highest BCUT2D eigenvalue weighted by atomic mass is 16.5. The highest BCUT2D eigenvalue weighted by Crippen LogP contribution is 2.13. The molecule has 0 aliphatic rings. The lowest BCUT2D eigenvalue weighted by Gasteiger charge is -2.11. The van der Waals surface area contributed by atoms with Crippen molar-refractivity contribution in [3.8, 4) is 0 Å². The molecule has 0 radical (unpaired) electrons. The smallest absolute Gasteiger partial charge is 0.0717 e. The molecule has 0 aromatic heterocycles. The summed E-state index contributed by atoms with van der Waals surface area (Å²) in [7, 11) is 1.76. The molecule has 108 valence electrons. The molecule has 0 saturated carbocycles. The number of methoxy groups -OCH3 is 1. The van der Waals surface area contributed by atoms with Crippen LogP contribution in [0.25, 0.3) is 0 Å². The molecule has 0 N–H and O–H groups in total. The molecule has 1 unspecified atom stereocenters. The number of hydrogen-bond donors (Lipinski definition) is 0. The maximum atomic E-state index is 5.64. The Morgan fingerprint density at radius 2 is 1.63 bits per heavy atom. The first-order valence-corrected chi connectivity index (χ1v) is 7.26. The second-order valence-electron chi connectivity index (χ2n) is 5.82. The zero-order valence-corrected chi connectivity index (χ0v) is 12.8. The molecule has 0 saturated heterocycles. The minimum atomic E-state index is 0.598. The standard InChI is InChI=1S/C17H28O2/c1-14(2)12-19-13-17-7-5-16(6-8-17)11-15(3)9-10-18-4/h5-8,14-15H,9-13H2,1-4H3. The lowest BCUT2D eigenvalue weighted by atomic mass is 9.98. The van der Waals surface area contributed by atoms with Gasteiger partial charge in [0.1, 0.15) is 0 Å². The van der Waals surface area contributed by atoms with E-state index in [1.54, 1.807) is 7.11 Å². The zero-order chi connectivity index (χ0) is 14.1. The van der Waals surface area contributed by atoms with Gasteiger partial charge in [-0.15, -0.1) is 0 Å². The molecule has 1 rings (SSSR count). The van der Waals surface area contributed by atoms with Gasteiger partial charge in [0.15, 0.2) is 0 Å². The van der Waals surface area contributed by atoms with Gasteiger partial charge >= 0.3 is 0 Å². The monoisotopic (exact) mass is 264 g/mol. The topological polar surface area (TPSA) is 18.5 Å². The summed E-state index contributed by atoms with van der Waals surface area (Å²) in [6.45, 7) is 9.02. The van der Waals surface area contributed by atoms with E-state index in [2.05, 4.69) is 45.0 Å². The largest absolute Gasteiger partial charge is 0.385 e. The van der Waals surface area contributed by atoms with Crippen LogP contribution in [0.3, 0.4) is 0 Å². The van der Waals surface area contributed by atoms with Crippen molar-refractivity contribution in [3.05, 3.63) is 35.4 Å². The number of ether oxygens (including phenoxy) is 2.